The smallest absolute Gasteiger partial charge is 0.187 e. The highest BCUT2D eigenvalue weighted by Gasteiger charge is 2.54. The zero-order valence-electron chi connectivity index (χ0n) is 23.3. The van der Waals surface area contributed by atoms with Gasteiger partial charge in [0.15, 0.2) is 18.9 Å². The van der Waals surface area contributed by atoms with Gasteiger partial charge < -0.3 is 100 Å². The third-order valence-corrected chi connectivity index (χ3v) is 8.28. The first-order chi connectivity index (χ1) is 20.9. The summed E-state index contributed by atoms with van der Waals surface area (Å²) in [5.41, 5.74) is 0. The zero-order chi connectivity index (χ0) is 32.5. The molecule has 4 heterocycles. The molecule has 0 saturated carbocycles. The van der Waals surface area contributed by atoms with E-state index in [1.165, 1.54) is 0 Å². The molecule has 0 aromatic carbocycles. The summed E-state index contributed by atoms with van der Waals surface area (Å²) in [4.78, 5) is 0. The Kier molecular flexibility index (Phi) is 12.6. The first kappa shape index (κ1) is 36.0. The molecule has 0 spiro atoms. The highest BCUT2D eigenvalue weighted by Crippen LogP contribution is 2.33. The van der Waals surface area contributed by atoms with Crippen LogP contribution < -0.4 is 5.32 Å². The molecule has 20 nitrogen and oxygen atoms in total. The average Bonchev–Trinajstić information content (AvgIpc) is 3.02. The summed E-state index contributed by atoms with van der Waals surface area (Å²) >= 11 is 0. The SMILES string of the molecule is OC[C@H]1NC[C@H](O)[C@@H](O)[C@@H]1O[C@@H]1O[C@H](CO)[C@@H](O[C@@H]2O[C@H](CO)[C@@H](O[C@@H]3O[C@H](CO)[C@@H](O)[C@H](O)[C@H]3O)[C@H](O)[C@H]2O)[C@H](O)[C@H]1O. The van der Waals surface area contributed by atoms with E-state index >= 15 is 0 Å². The number of piperidine rings is 1. The van der Waals surface area contributed by atoms with Crippen molar-refractivity contribution in [1.29, 1.82) is 0 Å². The molecule has 4 saturated heterocycles. The van der Waals surface area contributed by atoms with Gasteiger partial charge in [-0.25, -0.2) is 0 Å². The van der Waals surface area contributed by atoms with E-state index in [9.17, 15) is 66.4 Å². The average molecular weight is 650 g/mol. The van der Waals surface area contributed by atoms with Gasteiger partial charge in [0.05, 0.1) is 38.6 Å². The van der Waals surface area contributed by atoms with Gasteiger partial charge in [-0.1, -0.05) is 0 Å². The van der Waals surface area contributed by atoms with Gasteiger partial charge in [0.25, 0.3) is 0 Å². The molecule has 4 aliphatic heterocycles. The van der Waals surface area contributed by atoms with Gasteiger partial charge in [0.2, 0.25) is 0 Å². The van der Waals surface area contributed by atoms with Crippen LogP contribution >= 0.6 is 0 Å². The fraction of sp³-hybridized carbons (Fsp3) is 1.00. The van der Waals surface area contributed by atoms with Gasteiger partial charge in [0, 0.05) is 6.54 Å². The second-order valence-electron chi connectivity index (χ2n) is 11.2. The zero-order valence-corrected chi connectivity index (χ0v) is 23.3. The van der Waals surface area contributed by atoms with Crippen LogP contribution in [0, 0.1) is 0 Å². The number of nitrogens with one attached hydrogen (secondary N) is 1. The normalized spacial score (nSPS) is 52.2. The lowest BCUT2D eigenvalue weighted by Gasteiger charge is -2.48. The molecule has 44 heavy (non-hydrogen) atoms. The summed E-state index contributed by atoms with van der Waals surface area (Å²) < 4.78 is 33.0. The molecule has 20 heteroatoms. The minimum absolute atomic E-state index is 0.0586. The molecule has 14 N–H and O–H groups in total. The van der Waals surface area contributed by atoms with Crippen LogP contribution in [0.25, 0.3) is 0 Å². The van der Waals surface area contributed by atoms with E-state index in [0.29, 0.717) is 0 Å². The third kappa shape index (κ3) is 7.19. The molecule has 0 aromatic heterocycles. The highest BCUT2D eigenvalue weighted by molar-refractivity contribution is 4.98. The van der Waals surface area contributed by atoms with E-state index in [4.69, 9.17) is 28.4 Å². The standard InChI is InChI=1S/C24H43NO19/c26-2-6-19(11(31)7(30)1-25-6)42-23-17(37)14(34)21(9(4-28)40-23)44-24-18(38)15(35)20(10(5-29)41-24)43-22-16(36)13(33)12(32)8(3-27)39-22/h6-38H,1-5H2/t6-,7+,8-,9-,10-,11-,12-,13+,14-,15-,16-,17-,18-,19-,20-,21-,22+,23+,24+/m1/s1. The fourth-order valence-corrected chi connectivity index (χ4v) is 5.62. The lowest BCUT2D eigenvalue weighted by molar-refractivity contribution is -0.382. The van der Waals surface area contributed by atoms with E-state index in [2.05, 4.69) is 5.32 Å². The summed E-state index contributed by atoms with van der Waals surface area (Å²) in [5.74, 6) is 0. The topological polar surface area (TPSA) is 330 Å². The number of aliphatic hydroxyl groups is 13. The number of hydrogen-bond acceptors (Lipinski definition) is 20. The van der Waals surface area contributed by atoms with Crippen molar-refractivity contribution in [3.05, 3.63) is 0 Å². The third-order valence-electron chi connectivity index (χ3n) is 8.28. The molecule has 258 valence electrons. The van der Waals surface area contributed by atoms with Crippen LogP contribution in [0.5, 0.6) is 0 Å². The molecule has 0 aliphatic carbocycles. The van der Waals surface area contributed by atoms with Crippen molar-refractivity contribution in [3.63, 3.8) is 0 Å². The van der Waals surface area contributed by atoms with Gasteiger partial charge in [-0.2, -0.15) is 0 Å². The van der Waals surface area contributed by atoms with Crippen LogP contribution in [0.3, 0.4) is 0 Å². The summed E-state index contributed by atoms with van der Waals surface area (Å²) in [6, 6.07) is -0.885. The molecule has 19 atom stereocenters. The predicted molar refractivity (Wildman–Crippen MR) is 135 cm³/mol. The van der Waals surface area contributed by atoms with E-state index in [1.807, 2.05) is 0 Å². The molecule has 4 fully saturated rings. The van der Waals surface area contributed by atoms with E-state index in [1.54, 1.807) is 0 Å². The van der Waals surface area contributed by atoms with E-state index < -0.39 is 143 Å². The van der Waals surface area contributed by atoms with Crippen LogP contribution in [0.2, 0.25) is 0 Å². The lowest BCUT2D eigenvalue weighted by atomic mass is 9.95. The van der Waals surface area contributed by atoms with Gasteiger partial charge in [0.1, 0.15) is 85.5 Å². The highest BCUT2D eigenvalue weighted by atomic mass is 16.8. The summed E-state index contributed by atoms with van der Waals surface area (Å²) in [6.07, 6.45) is -30.1. The Morgan fingerprint density at radius 3 is 1.30 bits per heavy atom. The lowest BCUT2D eigenvalue weighted by Crippen LogP contribution is -2.68. The van der Waals surface area contributed by atoms with Crippen molar-refractivity contribution in [2.24, 2.45) is 0 Å². The molecule has 0 bridgehead atoms. The molecular formula is C24H43NO19. The Morgan fingerprint density at radius 1 is 0.455 bits per heavy atom. The van der Waals surface area contributed by atoms with Gasteiger partial charge in [-0.15, -0.1) is 0 Å². The van der Waals surface area contributed by atoms with E-state index in [-0.39, 0.29) is 6.54 Å². The first-order valence-corrected chi connectivity index (χ1v) is 14.1. The van der Waals surface area contributed by atoms with Crippen molar-refractivity contribution < 1.29 is 94.8 Å². The Hall–Kier alpha value is -0.800. The monoisotopic (exact) mass is 649 g/mol. The molecule has 0 radical (unpaired) electrons. The molecule has 4 rings (SSSR count). The molecule has 4 aliphatic rings. The molecule has 0 amide bonds. The molecule has 0 unspecified atom stereocenters. The molecular weight excluding hydrogens is 606 g/mol. The van der Waals surface area contributed by atoms with Gasteiger partial charge in [-0.3, -0.25) is 0 Å². The number of aliphatic hydroxyl groups excluding tert-OH is 13. The number of hydrogen-bond donors (Lipinski definition) is 14. The van der Waals surface area contributed by atoms with E-state index in [0.717, 1.165) is 0 Å². The molecule has 0 aromatic rings. The minimum Gasteiger partial charge on any atom is -0.395 e. The maximum atomic E-state index is 10.9. The van der Waals surface area contributed by atoms with Gasteiger partial charge >= 0.3 is 0 Å². The van der Waals surface area contributed by atoms with Crippen molar-refractivity contribution in [1.82, 2.24) is 5.32 Å². The maximum Gasteiger partial charge on any atom is 0.187 e. The van der Waals surface area contributed by atoms with Crippen molar-refractivity contribution >= 4 is 0 Å². The van der Waals surface area contributed by atoms with Crippen molar-refractivity contribution in [2.45, 2.75) is 116 Å². The minimum atomic E-state index is -1.99. The Bertz CT molecular complexity index is 884. The Balaban J connectivity index is 1.43. The number of β-amino-alcohol motifs (C(OH)–C–C–N with tert-alkyl or cyclic N) is 1. The maximum absolute atomic E-state index is 10.9. The number of rotatable bonds is 10. The van der Waals surface area contributed by atoms with Crippen LogP contribution in [-0.2, 0) is 28.4 Å². The Morgan fingerprint density at radius 2 is 0.864 bits per heavy atom. The second-order valence-corrected chi connectivity index (χ2v) is 11.2. The van der Waals surface area contributed by atoms with Crippen LogP contribution in [-0.4, -0.2) is 216 Å². The predicted octanol–water partition coefficient (Wildman–Crippen LogP) is -9.49. The summed E-state index contributed by atoms with van der Waals surface area (Å²) in [6.45, 7) is -3.07. The van der Waals surface area contributed by atoms with Crippen molar-refractivity contribution in [2.75, 3.05) is 33.0 Å². The second kappa shape index (κ2) is 15.4. The van der Waals surface area contributed by atoms with Gasteiger partial charge in [-0.05, 0) is 0 Å². The largest absolute Gasteiger partial charge is 0.395 e. The summed E-state index contributed by atoms with van der Waals surface area (Å²) in [5, 5.41) is 135. The van der Waals surface area contributed by atoms with Crippen molar-refractivity contribution in [3.8, 4) is 0 Å². The van der Waals surface area contributed by atoms with Crippen LogP contribution in [0.15, 0.2) is 0 Å². The summed E-state index contributed by atoms with van der Waals surface area (Å²) in [7, 11) is 0. The van der Waals surface area contributed by atoms with Crippen LogP contribution in [0.1, 0.15) is 0 Å². The van der Waals surface area contributed by atoms with Crippen LogP contribution in [0.4, 0.5) is 0 Å². The quantitative estimate of drug-likeness (QED) is 0.104. The first-order valence-electron chi connectivity index (χ1n) is 14.1. The number of ether oxygens (including phenoxy) is 6. The Labute approximate surface area is 250 Å². The fourth-order valence-electron chi connectivity index (χ4n) is 5.62.